The van der Waals surface area contributed by atoms with Gasteiger partial charge in [-0.25, -0.2) is 0 Å². The van der Waals surface area contributed by atoms with Crippen LogP contribution in [0.1, 0.15) is 18.9 Å². The Balaban J connectivity index is 2.46. The molecule has 33 heavy (non-hydrogen) atoms. The molecule has 2 N–H and O–H groups in total. The average Bonchev–Trinajstić information content (AvgIpc) is 2.71. The molecule has 0 unspecified atom stereocenters. The van der Waals surface area contributed by atoms with Gasteiger partial charge in [0, 0.05) is 12.1 Å². The summed E-state index contributed by atoms with van der Waals surface area (Å²) in [6.45, 7) is 0.428. The van der Waals surface area contributed by atoms with Crippen molar-refractivity contribution in [3.8, 4) is 0 Å². The Morgan fingerprint density at radius 2 is 1.30 bits per heavy atom. The van der Waals surface area contributed by atoms with Gasteiger partial charge in [0.1, 0.15) is 11.7 Å². The van der Waals surface area contributed by atoms with Crippen molar-refractivity contribution in [1.82, 2.24) is 5.32 Å². The SMILES string of the molecule is CC(=O)[C@@H](C(=O)Nc1ccccc1)C(NC(=O)CCc1ccccc1)(C(F)(F)F)C(F)(F)F. The molecular formula is C22H20F6N2O3. The number of ketones is 1. The van der Waals surface area contributed by atoms with Crippen LogP contribution >= 0.6 is 0 Å². The third kappa shape index (κ3) is 5.91. The van der Waals surface area contributed by atoms with E-state index < -0.39 is 47.8 Å². The van der Waals surface area contributed by atoms with Crippen LogP contribution in [0.2, 0.25) is 0 Å². The van der Waals surface area contributed by atoms with E-state index in [-0.39, 0.29) is 12.1 Å². The van der Waals surface area contributed by atoms with Crippen molar-refractivity contribution in [1.29, 1.82) is 0 Å². The van der Waals surface area contributed by atoms with Gasteiger partial charge in [-0.2, -0.15) is 26.3 Å². The second-order valence-electron chi connectivity index (χ2n) is 7.24. The number of carbonyl (C=O) groups is 3. The minimum absolute atomic E-state index is 0.123. The molecule has 2 rings (SSSR count). The zero-order valence-electron chi connectivity index (χ0n) is 17.3. The molecule has 178 valence electrons. The number of hydrogen-bond acceptors (Lipinski definition) is 3. The van der Waals surface area contributed by atoms with Crippen LogP contribution in [0.15, 0.2) is 60.7 Å². The van der Waals surface area contributed by atoms with Gasteiger partial charge in [-0.1, -0.05) is 48.5 Å². The average molecular weight is 474 g/mol. The lowest BCUT2D eigenvalue weighted by molar-refractivity contribution is -0.314. The Morgan fingerprint density at radius 3 is 1.76 bits per heavy atom. The number of hydrogen-bond donors (Lipinski definition) is 2. The predicted octanol–water partition coefficient (Wildman–Crippen LogP) is 4.44. The van der Waals surface area contributed by atoms with Gasteiger partial charge in [0.15, 0.2) is 0 Å². The van der Waals surface area contributed by atoms with Crippen molar-refractivity contribution in [2.24, 2.45) is 5.92 Å². The van der Waals surface area contributed by atoms with E-state index in [1.165, 1.54) is 30.3 Å². The third-order valence-electron chi connectivity index (χ3n) is 4.86. The van der Waals surface area contributed by atoms with Gasteiger partial charge < -0.3 is 10.6 Å². The molecule has 0 saturated heterocycles. The number of amides is 2. The van der Waals surface area contributed by atoms with Crippen molar-refractivity contribution in [3.63, 3.8) is 0 Å². The van der Waals surface area contributed by atoms with Crippen molar-refractivity contribution >= 4 is 23.3 Å². The molecule has 0 saturated carbocycles. The number of nitrogens with one attached hydrogen (secondary N) is 2. The molecule has 1 atom stereocenters. The first kappa shape index (κ1) is 25.9. The molecule has 0 aliphatic heterocycles. The fourth-order valence-corrected chi connectivity index (χ4v) is 3.31. The summed E-state index contributed by atoms with van der Waals surface area (Å²) < 4.78 is 84.2. The lowest BCUT2D eigenvalue weighted by atomic mass is 9.78. The quantitative estimate of drug-likeness (QED) is 0.439. The number of rotatable bonds is 8. The third-order valence-corrected chi connectivity index (χ3v) is 4.86. The number of benzene rings is 2. The maximum absolute atomic E-state index is 14.0. The predicted molar refractivity (Wildman–Crippen MR) is 107 cm³/mol. The van der Waals surface area contributed by atoms with Gasteiger partial charge in [-0.05, 0) is 31.0 Å². The van der Waals surface area contributed by atoms with Gasteiger partial charge in [-0.15, -0.1) is 0 Å². The van der Waals surface area contributed by atoms with Gasteiger partial charge in [0.25, 0.3) is 5.54 Å². The van der Waals surface area contributed by atoms with Crippen LogP contribution in [0, 0.1) is 5.92 Å². The van der Waals surface area contributed by atoms with E-state index in [9.17, 15) is 40.7 Å². The van der Waals surface area contributed by atoms with E-state index in [4.69, 9.17) is 0 Å². The highest BCUT2D eigenvalue weighted by molar-refractivity contribution is 6.08. The van der Waals surface area contributed by atoms with Gasteiger partial charge in [0.2, 0.25) is 11.8 Å². The minimum Gasteiger partial charge on any atom is -0.334 e. The summed E-state index contributed by atoms with van der Waals surface area (Å²) in [5, 5.41) is 2.85. The van der Waals surface area contributed by atoms with Crippen LogP contribution in [-0.4, -0.2) is 35.5 Å². The summed E-state index contributed by atoms with van der Waals surface area (Å²) in [4.78, 5) is 36.9. The summed E-state index contributed by atoms with van der Waals surface area (Å²) in [7, 11) is 0. The van der Waals surface area contributed by atoms with Crippen LogP contribution in [0.3, 0.4) is 0 Å². The van der Waals surface area contributed by atoms with E-state index in [1.807, 2.05) is 5.32 Å². The Hall–Kier alpha value is -3.37. The van der Waals surface area contributed by atoms with Gasteiger partial charge in [-0.3, -0.25) is 14.4 Å². The smallest absolute Gasteiger partial charge is 0.334 e. The molecule has 0 bridgehead atoms. The first-order valence-electron chi connectivity index (χ1n) is 9.64. The molecular weight excluding hydrogens is 454 g/mol. The highest BCUT2D eigenvalue weighted by Crippen LogP contribution is 2.48. The second-order valence-corrected chi connectivity index (χ2v) is 7.24. The highest BCUT2D eigenvalue weighted by atomic mass is 19.4. The number of alkyl halides is 6. The number of carbonyl (C=O) groups excluding carboxylic acids is 3. The number of halogens is 6. The molecule has 0 aromatic heterocycles. The van der Waals surface area contributed by atoms with Crippen molar-refractivity contribution in [2.45, 2.75) is 37.7 Å². The zero-order valence-corrected chi connectivity index (χ0v) is 17.3. The van der Waals surface area contributed by atoms with Crippen LogP contribution in [0.4, 0.5) is 32.0 Å². The van der Waals surface area contributed by atoms with E-state index in [2.05, 4.69) is 0 Å². The number of aryl methyl sites for hydroxylation is 1. The summed E-state index contributed by atoms with van der Waals surface area (Å²) in [6, 6.07) is 14.6. The molecule has 2 aromatic carbocycles. The summed E-state index contributed by atoms with van der Waals surface area (Å²) in [5.74, 6) is -8.52. The van der Waals surface area contributed by atoms with Crippen LogP contribution in [0.25, 0.3) is 0 Å². The Kier molecular flexibility index (Phi) is 7.89. The van der Waals surface area contributed by atoms with Crippen LogP contribution < -0.4 is 10.6 Å². The number of Topliss-reactive ketones (excluding diaryl/α,β-unsaturated/α-hetero) is 1. The highest BCUT2D eigenvalue weighted by Gasteiger charge is 2.77. The number of anilines is 1. The van der Waals surface area contributed by atoms with Crippen molar-refractivity contribution in [3.05, 3.63) is 66.2 Å². The molecule has 11 heteroatoms. The largest absolute Gasteiger partial charge is 0.421 e. The normalized spacial score (nSPS) is 13.2. The second kappa shape index (κ2) is 10.1. The molecule has 2 aromatic rings. The number of para-hydroxylation sites is 1. The molecule has 0 aliphatic rings. The maximum atomic E-state index is 14.0. The molecule has 0 spiro atoms. The summed E-state index contributed by atoms with van der Waals surface area (Å²) >= 11 is 0. The van der Waals surface area contributed by atoms with E-state index in [0.717, 1.165) is 5.32 Å². The van der Waals surface area contributed by atoms with Gasteiger partial charge in [0.05, 0.1) is 0 Å². The van der Waals surface area contributed by atoms with E-state index in [1.54, 1.807) is 30.3 Å². The topological polar surface area (TPSA) is 75.3 Å². The molecule has 0 radical (unpaired) electrons. The Labute approximate surface area is 185 Å². The Morgan fingerprint density at radius 1 is 0.818 bits per heavy atom. The summed E-state index contributed by atoms with van der Waals surface area (Å²) in [5.41, 5.74) is -4.75. The molecule has 0 aliphatic carbocycles. The van der Waals surface area contributed by atoms with Crippen molar-refractivity contribution in [2.75, 3.05) is 5.32 Å². The molecule has 0 heterocycles. The van der Waals surface area contributed by atoms with Crippen LogP contribution in [-0.2, 0) is 20.8 Å². The zero-order chi connectivity index (χ0) is 24.9. The molecule has 5 nitrogen and oxygen atoms in total. The molecule has 2 amide bonds. The van der Waals surface area contributed by atoms with Crippen LogP contribution in [0.5, 0.6) is 0 Å². The van der Waals surface area contributed by atoms with Crippen molar-refractivity contribution < 1.29 is 40.7 Å². The standard InChI is InChI=1S/C22H20F6N2O3/c1-14(31)18(19(33)29-16-10-6-3-7-11-16)20(21(23,24)25,22(26,27)28)30-17(32)13-12-15-8-4-2-5-9-15/h2-11,18H,12-13H2,1H3,(H,29,33)(H,30,32)/t18-/m0/s1. The maximum Gasteiger partial charge on any atom is 0.421 e. The molecule has 0 fully saturated rings. The lowest BCUT2D eigenvalue weighted by Gasteiger charge is -2.41. The lowest BCUT2D eigenvalue weighted by Crippen LogP contribution is -2.74. The summed E-state index contributed by atoms with van der Waals surface area (Å²) in [6.07, 6.45) is -13.3. The van der Waals surface area contributed by atoms with Gasteiger partial charge >= 0.3 is 12.4 Å². The van der Waals surface area contributed by atoms with E-state index >= 15 is 0 Å². The monoisotopic (exact) mass is 474 g/mol. The first-order valence-corrected chi connectivity index (χ1v) is 9.64. The first-order chi connectivity index (χ1) is 15.3. The Bertz CT molecular complexity index is 961. The minimum atomic E-state index is -6.22. The van der Waals surface area contributed by atoms with E-state index in [0.29, 0.717) is 12.5 Å². The fourth-order valence-electron chi connectivity index (χ4n) is 3.31. The fraction of sp³-hybridized carbons (Fsp3) is 0.318.